The molecule has 0 aliphatic heterocycles. The average Bonchev–Trinajstić information content (AvgIpc) is 2.78. The van der Waals surface area contributed by atoms with Crippen molar-refractivity contribution in [2.75, 3.05) is 19.0 Å². The molecule has 2 heterocycles. The monoisotopic (exact) mass is 409 g/mol. The number of hydrogen-bond donors (Lipinski definition) is 3. The minimum Gasteiger partial charge on any atom is -0.480 e. The smallest absolute Gasteiger partial charge is 0.267 e. The third-order valence-electron chi connectivity index (χ3n) is 3.88. The summed E-state index contributed by atoms with van der Waals surface area (Å²) in [6.45, 7) is 0.0645. The molecule has 2 aromatic heterocycles. The van der Waals surface area contributed by atoms with Gasteiger partial charge in [0.15, 0.2) is 5.82 Å². The van der Waals surface area contributed by atoms with Crippen LogP contribution in [0.4, 0.5) is 5.82 Å². The van der Waals surface area contributed by atoms with E-state index in [1.54, 1.807) is 24.3 Å². The lowest BCUT2D eigenvalue weighted by molar-refractivity contribution is -0.108. The van der Waals surface area contributed by atoms with Gasteiger partial charge in [-0.15, -0.1) is 0 Å². The molecule has 5 N–H and O–H groups in total. The first kappa shape index (κ1) is 20.6. The highest BCUT2D eigenvalue weighted by Crippen LogP contribution is 2.24. The minimum absolute atomic E-state index is 0.00185. The predicted molar refractivity (Wildman–Crippen MR) is 107 cm³/mol. The summed E-state index contributed by atoms with van der Waals surface area (Å²) < 4.78 is 10.6. The molecule has 11 heteroatoms. The molecular formula is C19H19N7O4. The van der Waals surface area contributed by atoms with Crippen molar-refractivity contribution in [2.24, 2.45) is 11.5 Å². The van der Waals surface area contributed by atoms with Crippen molar-refractivity contribution in [3.05, 3.63) is 48.4 Å². The summed E-state index contributed by atoms with van der Waals surface area (Å²) in [6.07, 6.45) is 3.53. The Labute approximate surface area is 171 Å². The van der Waals surface area contributed by atoms with Crippen LogP contribution in [0, 0.1) is 0 Å². The maximum absolute atomic E-state index is 11.6. The Kier molecular flexibility index (Phi) is 6.45. The van der Waals surface area contributed by atoms with Crippen molar-refractivity contribution in [3.8, 4) is 28.9 Å². The summed E-state index contributed by atoms with van der Waals surface area (Å²) in [6, 6.07) is 7.48. The first-order valence-electron chi connectivity index (χ1n) is 8.77. The number of primary amides is 1. The van der Waals surface area contributed by atoms with Crippen LogP contribution in [0.1, 0.15) is 10.5 Å². The van der Waals surface area contributed by atoms with Gasteiger partial charge in [-0.05, 0) is 24.3 Å². The zero-order valence-corrected chi connectivity index (χ0v) is 16.0. The number of carbonyl (C=O) groups excluding carboxylic acids is 2. The van der Waals surface area contributed by atoms with Gasteiger partial charge in [-0.1, -0.05) is 0 Å². The number of nitrogens with one attached hydrogen (secondary N) is 1. The molecule has 0 aliphatic carbocycles. The fourth-order valence-electron chi connectivity index (χ4n) is 2.37. The van der Waals surface area contributed by atoms with Gasteiger partial charge in [0.2, 0.25) is 11.8 Å². The quantitative estimate of drug-likeness (QED) is 0.429. The molecule has 0 bridgehead atoms. The molecule has 3 rings (SSSR count). The Balaban J connectivity index is 1.84. The molecule has 0 fully saturated rings. The van der Waals surface area contributed by atoms with Gasteiger partial charge >= 0.3 is 0 Å². The average molecular weight is 409 g/mol. The lowest BCUT2D eigenvalue weighted by Gasteiger charge is -2.13. The molecule has 0 aliphatic rings. The van der Waals surface area contributed by atoms with Crippen LogP contribution in [-0.2, 0) is 4.79 Å². The Bertz CT molecular complexity index is 1030. The molecule has 1 amide bonds. The number of benzene rings is 1. The molecule has 154 valence electrons. The van der Waals surface area contributed by atoms with E-state index >= 15 is 0 Å². The number of hydrogen-bond acceptors (Lipinski definition) is 10. The number of carbonyl (C=O) groups is 2. The van der Waals surface area contributed by atoms with Crippen LogP contribution in [0.2, 0.25) is 0 Å². The van der Waals surface area contributed by atoms with Gasteiger partial charge in [0.1, 0.15) is 23.5 Å². The van der Waals surface area contributed by atoms with Gasteiger partial charge in [-0.3, -0.25) is 4.79 Å². The predicted octanol–water partition coefficient (Wildman–Crippen LogP) is 0.772. The maximum Gasteiger partial charge on any atom is 0.267 e. The molecule has 0 radical (unpaired) electrons. The van der Waals surface area contributed by atoms with Gasteiger partial charge in [-0.25, -0.2) is 19.9 Å². The number of nitrogens with two attached hydrogens (primary N) is 2. The van der Waals surface area contributed by atoms with Crippen LogP contribution >= 0.6 is 0 Å². The van der Waals surface area contributed by atoms with Crippen LogP contribution in [0.15, 0.2) is 42.7 Å². The fraction of sp³-hybridized carbons (Fsp3) is 0.158. The van der Waals surface area contributed by atoms with E-state index in [-0.39, 0.29) is 23.9 Å². The summed E-state index contributed by atoms with van der Waals surface area (Å²) >= 11 is 0. The summed E-state index contributed by atoms with van der Waals surface area (Å²) in [5.41, 5.74) is 11.5. The number of anilines is 1. The Hall–Kier alpha value is -4.12. The van der Waals surface area contributed by atoms with Gasteiger partial charge in [0.25, 0.3) is 5.91 Å². The normalized spacial score (nSPS) is 11.4. The Morgan fingerprint density at radius 2 is 1.87 bits per heavy atom. The number of aldehydes is 1. The fourth-order valence-corrected chi connectivity index (χ4v) is 2.37. The summed E-state index contributed by atoms with van der Waals surface area (Å²) in [4.78, 5) is 39.3. The van der Waals surface area contributed by atoms with E-state index in [0.717, 1.165) is 0 Å². The second-order valence-electron chi connectivity index (χ2n) is 5.97. The van der Waals surface area contributed by atoms with E-state index in [1.165, 1.54) is 25.6 Å². The van der Waals surface area contributed by atoms with Gasteiger partial charge < -0.3 is 31.1 Å². The van der Waals surface area contributed by atoms with E-state index in [2.05, 4.69) is 25.3 Å². The Morgan fingerprint density at radius 3 is 2.43 bits per heavy atom. The number of rotatable bonds is 9. The second-order valence-corrected chi connectivity index (χ2v) is 5.97. The summed E-state index contributed by atoms with van der Waals surface area (Å²) in [5.74, 6) is 0.946. The minimum atomic E-state index is -0.727. The summed E-state index contributed by atoms with van der Waals surface area (Å²) in [7, 11) is 1.49. The van der Waals surface area contributed by atoms with E-state index in [4.69, 9.17) is 20.9 Å². The molecule has 0 saturated heterocycles. The number of methoxy groups -OCH3 is 1. The molecule has 30 heavy (non-hydrogen) atoms. The van der Waals surface area contributed by atoms with Crippen molar-refractivity contribution in [1.29, 1.82) is 0 Å². The largest absolute Gasteiger partial charge is 0.480 e. The van der Waals surface area contributed by atoms with E-state index < -0.39 is 11.9 Å². The van der Waals surface area contributed by atoms with Crippen LogP contribution in [0.3, 0.4) is 0 Å². The van der Waals surface area contributed by atoms with E-state index in [9.17, 15) is 9.59 Å². The van der Waals surface area contributed by atoms with Crippen molar-refractivity contribution < 1.29 is 19.1 Å². The SMILES string of the molecule is COc1cnc(Oc2ccc(-c3nc(NC(C=O)CN)cc(C(N)=O)n3)cc2)cn1. The Morgan fingerprint density at radius 1 is 1.17 bits per heavy atom. The molecule has 1 aromatic carbocycles. The van der Waals surface area contributed by atoms with Crippen molar-refractivity contribution in [2.45, 2.75) is 6.04 Å². The first-order valence-corrected chi connectivity index (χ1v) is 8.77. The maximum atomic E-state index is 11.6. The van der Waals surface area contributed by atoms with Gasteiger partial charge in [0, 0.05) is 18.2 Å². The highest BCUT2D eigenvalue weighted by atomic mass is 16.5. The number of ether oxygens (including phenoxy) is 2. The van der Waals surface area contributed by atoms with Crippen molar-refractivity contribution in [1.82, 2.24) is 19.9 Å². The third-order valence-corrected chi connectivity index (χ3v) is 3.88. The second kappa shape index (κ2) is 9.39. The number of aromatic nitrogens is 4. The zero-order chi connectivity index (χ0) is 21.5. The lowest BCUT2D eigenvalue weighted by Crippen LogP contribution is -2.30. The molecule has 1 atom stereocenters. The van der Waals surface area contributed by atoms with Crippen LogP contribution in [0.5, 0.6) is 17.5 Å². The van der Waals surface area contributed by atoms with Gasteiger partial charge in [0.05, 0.1) is 25.5 Å². The first-order chi connectivity index (χ1) is 14.5. The molecule has 3 aromatic rings. The van der Waals surface area contributed by atoms with Crippen molar-refractivity contribution in [3.63, 3.8) is 0 Å². The van der Waals surface area contributed by atoms with Crippen LogP contribution in [-0.4, -0.2) is 51.8 Å². The van der Waals surface area contributed by atoms with Crippen LogP contribution < -0.4 is 26.3 Å². The van der Waals surface area contributed by atoms with Crippen molar-refractivity contribution >= 4 is 18.0 Å². The standard InChI is InChI=1S/C19H19N7O4/c1-29-16-8-23-17(9-22-16)30-13-4-2-11(3-5-13)19-25-14(18(21)28)6-15(26-19)24-12(7-20)10-27/h2-6,8-10,12H,7,20H2,1H3,(H2,21,28)(H,24,25,26). The number of nitrogens with zero attached hydrogens (tertiary/aromatic N) is 4. The molecule has 0 spiro atoms. The van der Waals surface area contributed by atoms with Gasteiger partial charge in [-0.2, -0.15) is 0 Å². The summed E-state index contributed by atoms with van der Waals surface area (Å²) in [5, 5.41) is 2.84. The topological polar surface area (TPSA) is 168 Å². The highest BCUT2D eigenvalue weighted by molar-refractivity contribution is 5.92. The molecule has 11 nitrogen and oxygen atoms in total. The van der Waals surface area contributed by atoms with E-state index in [0.29, 0.717) is 29.4 Å². The van der Waals surface area contributed by atoms with Crippen LogP contribution in [0.25, 0.3) is 11.4 Å². The zero-order valence-electron chi connectivity index (χ0n) is 16.0. The third kappa shape index (κ3) is 5.02. The molecular weight excluding hydrogens is 390 g/mol. The number of amides is 1. The molecule has 1 unspecified atom stereocenters. The highest BCUT2D eigenvalue weighted by Gasteiger charge is 2.13. The van der Waals surface area contributed by atoms with E-state index in [1.807, 2.05) is 0 Å². The molecule has 0 saturated carbocycles. The lowest BCUT2D eigenvalue weighted by atomic mass is 10.2.